The van der Waals surface area contributed by atoms with Crippen LogP contribution in [-0.4, -0.2) is 46.5 Å². The van der Waals surface area contributed by atoms with Gasteiger partial charge in [-0.2, -0.15) is 0 Å². The van der Waals surface area contributed by atoms with Crippen LogP contribution in [0.1, 0.15) is 25.1 Å². The molecule has 2 heterocycles. The Kier molecular flexibility index (Phi) is 5.21. The maximum absolute atomic E-state index is 12.7. The van der Waals surface area contributed by atoms with Gasteiger partial charge >= 0.3 is 0 Å². The molecule has 140 valence electrons. The molecule has 0 bridgehead atoms. The fraction of sp³-hybridized carbons (Fsp3) is 0.364. The van der Waals surface area contributed by atoms with Gasteiger partial charge < -0.3 is 10.2 Å². The van der Waals surface area contributed by atoms with E-state index in [0.717, 1.165) is 48.5 Å². The second-order valence-corrected chi connectivity index (χ2v) is 7.17. The first-order valence-electron chi connectivity index (χ1n) is 9.72. The molecule has 4 rings (SSSR count). The van der Waals surface area contributed by atoms with Gasteiger partial charge in [0, 0.05) is 31.6 Å². The topological polar surface area (TPSA) is 50.2 Å². The number of nitrogens with one attached hydrogen (secondary N) is 1. The van der Waals surface area contributed by atoms with Crippen LogP contribution in [0.25, 0.3) is 16.7 Å². The van der Waals surface area contributed by atoms with Crippen LogP contribution in [0.4, 0.5) is 0 Å². The third-order valence-corrected chi connectivity index (χ3v) is 5.46. The molecule has 1 N–H and O–H groups in total. The van der Waals surface area contributed by atoms with Crippen molar-refractivity contribution in [2.45, 2.75) is 31.7 Å². The van der Waals surface area contributed by atoms with E-state index in [9.17, 15) is 4.79 Å². The number of imidazole rings is 1. The quantitative estimate of drug-likeness (QED) is 0.758. The number of amides is 1. The SMILES string of the molecule is CN(C(=O)CCc1nc2ccccc2n1-c1ccccc1)C1CCNCC1. The smallest absolute Gasteiger partial charge is 0.223 e. The lowest BCUT2D eigenvalue weighted by atomic mass is 10.0. The van der Waals surface area contributed by atoms with E-state index < -0.39 is 0 Å². The second-order valence-electron chi connectivity index (χ2n) is 7.17. The highest BCUT2D eigenvalue weighted by atomic mass is 16.2. The highest BCUT2D eigenvalue weighted by Gasteiger charge is 2.22. The molecule has 1 amide bonds. The van der Waals surface area contributed by atoms with Crippen molar-refractivity contribution < 1.29 is 4.79 Å². The molecule has 0 saturated carbocycles. The van der Waals surface area contributed by atoms with E-state index in [4.69, 9.17) is 4.98 Å². The van der Waals surface area contributed by atoms with Crippen LogP contribution in [0.2, 0.25) is 0 Å². The summed E-state index contributed by atoms with van der Waals surface area (Å²) in [5.41, 5.74) is 3.13. The Bertz CT molecular complexity index is 912. The number of aromatic nitrogens is 2. The highest BCUT2D eigenvalue weighted by molar-refractivity contribution is 5.79. The molecule has 0 radical (unpaired) electrons. The van der Waals surface area contributed by atoms with E-state index >= 15 is 0 Å². The van der Waals surface area contributed by atoms with E-state index in [1.54, 1.807) is 0 Å². The number of fused-ring (bicyclic) bond motifs is 1. The lowest BCUT2D eigenvalue weighted by Crippen LogP contribution is -2.44. The molecule has 3 aromatic rings. The van der Waals surface area contributed by atoms with Gasteiger partial charge in [0.15, 0.2) is 0 Å². The van der Waals surface area contributed by atoms with Gasteiger partial charge in [-0.25, -0.2) is 4.98 Å². The standard InChI is InChI=1S/C22H26N4O/c1-25(17-13-15-23-16-14-17)22(27)12-11-21-24-19-9-5-6-10-20(19)26(21)18-7-3-2-4-8-18/h2-10,17,23H,11-16H2,1H3. The lowest BCUT2D eigenvalue weighted by molar-refractivity contribution is -0.132. The van der Waals surface area contributed by atoms with Crippen molar-refractivity contribution in [2.75, 3.05) is 20.1 Å². The van der Waals surface area contributed by atoms with Gasteiger partial charge in [-0.1, -0.05) is 30.3 Å². The maximum Gasteiger partial charge on any atom is 0.223 e. The number of benzene rings is 2. The molecule has 5 nitrogen and oxygen atoms in total. The maximum atomic E-state index is 12.7. The molecule has 1 aromatic heterocycles. The van der Waals surface area contributed by atoms with Crippen LogP contribution in [-0.2, 0) is 11.2 Å². The molecule has 1 aliphatic heterocycles. The molecule has 5 heteroatoms. The minimum absolute atomic E-state index is 0.202. The van der Waals surface area contributed by atoms with Crippen molar-refractivity contribution in [1.82, 2.24) is 19.8 Å². The molecular formula is C22H26N4O. The molecule has 0 unspecified atom stereocenters. The van der Waals surface area contributed by atoms with Crippen molar-refractivity contribution in [3.05, 3.63) is 60.4 Å². The van der Waals surface area contributed by atoms with Gasteiger partial charge in [-0.3, -0.25) is 9.36 Å². The zero-order valence-electron chi connectivity index (χ0n) is 15.8. The molecule has 1 saturated heterocycles. The Balaban J connectivity index is 1.56. The van der Waals surface area contributed by atoms with E-state index in [0.29, 0.717) is 18.9 Å². The first-order chi connectivity index (χ1) is 13.2. The average Bonchev–Trinajstić information content (AvgIpc) is 3.11. The Morgan fingerprint density at radius 2 is 1.81 bits per heavy atom. The van der Waals surface area contributed by atoms with Gasteiger partial charge in [0.25, 0.3) is 0 Å². The Morgan fingerprint density at radius 1 is 1.11 bits per heavy atom. The van der Waals surface area contributed by atoms with Crippen LogP contribution >= 0.6 is 0 Å². The predicted octanol–water partition coefficient (Wildman–Crippen LogP) is 3.17. The van der Waals surface area contributed by atoms with E-state index in [-0.39, 0.29) is 5.91 Å². The van der Waals surface area contributed by atoms with Gasteiger partial charge in [-0.05, 0) is 50.2 Å². The third kappa shape index (κ3) is 3.74. The monoisotopic (exact) mass is 362 g/mol. The number of rotatable bonds is 5. The Hall–Kier alpha value is -2.66. The summed E-state index contributed by atoms with van der Waals surface area (Å²) in [5, 5.41) is 3.36. The number of carbonyl (C=O) groups is 1. The summed E-state index contributed by atoms with van der Waals surface area (Å²) in [5.74, 6) is 1.14. The van der Waals surface area contributed by atoms with Crippen molar-refractivity contribution in [3.63, 3.8) is 0 Å². The molecule has 27 heavy (non-hydrogen) atoms. The summed E-state index contributed by atoms with van der Waals surface area (Å²) >= 11 is 0. The van der Waals surface area contributed by atoms with Crippen LogP contribution < -0.4 is 5.32 Å². The number of carbonyl (C=O) groups excluding carboxylic acids is 1. The fourth-order valence-electron chi connectivity index (χ4n) is 3.90. The van der Waals surface area contributed by atoms with Crippen LogP contribution in [0, 0.1) is 0 Å². The van der Waals surface area contributed by atoms with Crippen LogP contribution in [0.5, 0.6) is 0 Å². The van der Waals surface area contributed by atoms with E-state index in [2.05, 4.69) is 28.1 Å². The molecule has 1 aliphatic rings. The first-order valence-corrected chi connectivity index (χ1v) is 9.72. The largest absolute Gasteiger partial charge is 0.343 e. The van der Waals surface area contributed by atoms with Crippen molar-refractivity contribution in [3.8, 4) is 5.69 Å². The predicted molar refractivity (Wildman–Crippen MR) is 108 cm³/mol. The van der Waals surface area contributed by atoms with E-state index in [1.807, 2.05) is 48.3 Å². The van der Waals surface area contributed by atoms with Gasteiger partial charge in [0.1, 0.15) is 5.82 Å². The molecule has 0 aliphatic carbocycles. The second kappa shape index (κ2) is 7.92. The summed E-state index contributed by atoms with van der Waals surface area (Å²) in [6, 6.07) is 18.7. The zero-order chi connectivity index (χ0) is 18.6. The van der Waals surface area contributed by atoms with Crippen LogP contribution in [0.15, 0.2) is 54.6 Å². The Morgan fingerprint density at radius 3 is 2.59 bits per heavy atom. The summed E-state index contributed by atoms with van der Waals surface area (Å²) in [6.45, 7) is 1.98. The van der Waals surface area contributed by atoms with Crippen molar-refractivity contribution in [1.29, 1.82) is 0 Å². The summed E-state index contributed by atoms with van der Waals surface area (Å²) in [6.07, 6.45) is 3.18. The Labute approximate surface area is 160 Å². The van der Waals surface area contributed by atoms with Gasteiger partial charge in [0.2, 0.25) is 5.91 Å². The van der Waals surface area contributed by atoms with Gasteiger partial charge in [0.05, 0.1) is 11.0 Å². The molecular weight excluding hydrogens is 336 g/mol. The summed E-state index contributed by atoms with van der Waals surface area (Å²) in [7, 11) is 1.94. The molecule has 0 atom stereocenters. The molecule has 2 aromatic carbocycles. The minimum Gasteiger partial charge on any atom is -0.343 e. The van der Waals surface area contributed by atoms with Crippen molar-refractivity contribution in [2.24, 2.45) is 0 Å². The number of para-hydroxylation sites is 3. The summed E-state index contributed by atoms with van der Waals surface area (Å²) < 4.78 is 2.17. The number of hydrogen-bond donors (Lipinski definition) is 1. The van der Waals surface area contributed by atoms with Gasteiger partial charge in [-0.15, -0.1) is 0 Å². The van der Waals surface area contributed by atoms with E-state index in [1.165, 1.54) is 0 Å². The summed E-state index contributed by atoms with van der Waals surface area (Å²) in [4.78, 5) is 19.5. The molecule has 1 fully saturated rings. The number of hydrogen-bond acceptors (Lipinski definition) is 3. The molecule has 0 spiro atoms. The lowest BCUT2D eigenvalue weighted by Gasteiger charge is -2.31. The first kappa shape index (κ1) is 17.7. The number of piperidine rings is 1. The average molecular weight is 362 g/mol. The third-order valence-electron chi connectivity index (χ3n) is 5.46. The number of aryl methyl sites for hydroxylation is 1. The number of nitrogens with zero attached hydrogens (tertiary/aromatic N) is 3. The fourth-order valence-corrected chi connectivity index (χ4v) is 3.90. The zero-order valence-corrected chi connectivity index (χ0v) is 15.8. The highest BCUT2D eigenvalue weighted by Crippen LogP contribution is 2.22. The van der Waals surface area contributed by atoms with Crippen LogP contribution in [0.3, 0.4) is 0 Å². The van der Waals surface area contributed by atoms with Crippen molar-refractivity contribution >= 4 is 16.9 Å². The minimum atomic E-state index is 0.202. The normalized spacial score (nSPS) is 15.1.